The smallest absolute Gasteiger partial charge is 0.335 e. The molecule has 19 heavy (non-hydrogen) atoms. The van der Waals surface area contributed by atoms with Crippen molar-refractivity contribution in [3.05, 3.63) is 64.7 Å². The van der Waals surface area contributed by atoms with Gasteiger partial charge in [0.2, 0.25) is 0 Å². The minimum atomic E-state index is -0.995. The number of carboxylic acids is 1. The van der Waals surface area contributed by atoms with E-state index in [1.165, 1.54) is 24.3 Å². The van der Waals surface area contributed by atoms with Crippen molar-refractivity contribution in [3.8, 4) is 0 Å². The third-order valence-corrected chi connectivity index (χ3v) is 2.52. The number of aryl methyl sites for hydroxylation is 1. The first kappa shape index (κ1) is 13.0. The topological polar surface area (TPSA) is 50.2 Å². The van der Waals surface area contributed by atoms with Crippen LogP contribution in [0.25, 0.3) is 12.2 Å². The summed E-state index contributed by atoms with van der Waals surface area (Å²) < 4.78 is 13.0. The van der Waals surface area contributed by atoms with Gasteiger partial charge in [-0.1, -0.05) is 18.2 Å². The highest BCUT2D eigenvalue weighted by Crippen LogP contribution is 2.11. The Labute approximate surface area is 110 Å². The molecule has 1 heterocycles. The largest absolute Gasteiger partial charge is 0.478 e. The maximum atomic E-state index is 13.0. The molecule has 0 fully saturated rings. The SMILES string of the molecule is Cc1cc(C(=O)O)cc(/C=C/c2cccc(F)c2)n1. The molecule has 0 saturated carbocycles. The molecule has 2 aromatic rings. The van der Waals surface area contributed by atoms with E-state index >= 15 is 0 Å². The van der Waals surface area contributed by atoms with Crippen molar-refractivity contribution < 1.29 is 14.3 Å². The van der Waals surface area contributed by atoms with E-state index < -0.39 is 5.97 Å². The van der Waals surface area contributed by atoms with Crippen LogP contribution in [0.2, 0.25) is 0 Å². The Morgan fingerprint density at radius 2 is 2.05 bits per heavy atom. The summed E-state index contributed by atoms with van der Waals surface area (Å²) in [6.45, 7) is 1.73. The molecule has 0 radical (unpaired) electrons. The Hall–Kier alpha value is -2.49. The molecule has 0 spiro atoms. The van der Waals surface area contributed by atoms with E-state index in [4.69, 9.17) is 5.11 Å². The molecule has 4 heteroatoms. The van der Waals surface area contributed by atoms with Crippen LogP contribution in [0.4, 0.5) is 4.39 Å². The van der Waals surface area contributed by atoms with Gasteiger partial charge in [0, 0.05) is 5.69 Å². The summed E-state index contributed by atoms with van der Waals surface area (Å²) in [6.07, 6.45) is 3.35. The van der Waals surface area contributed by atoms with Crippen molar-refractivity contribution >= 4 is 18.1 Å². The molecular formula is C15H12FNO2. The summed E-state index contributed by atoms with van der Waals surface area (Å²) in [5.74, 6) is -1.31. The second-order valence-corrected chi connectivity index (χ2v) is 4.12. The Morgan fingerprint density at radius 3 is 2.74 bits per heavy atom. The van der Waals surface area contributed by atoms with Gasteiger partial charge in [-0.25, -0.2) is 9.18 Å². The molecule has 0 aliphatic heterocycles. The average Bonchev–Trinajstić information content (AvgIpc) is 2.36. The zero-order chi connectivity index (χ0) is 13.8. The lowest BCUT2D eigenvalue weighted by molar-refractivity contribution is 0.0696. The first-order chi connectivity index (χ1) is 9.04. The van der Waals surface area contributed by atoms with Crippen LogP contribution < -0.4 is 0 Å². The first-order valence-corrected chi connectivity index (χ1v) is 5.70. The Bertz CT molecular complexity index is 650. The first-order valence-electron chi connectivity index (χ1n) is 5.70. The van der Waals surface area contributed by atoms with Crippen molar-refractivity contribution in [1.82, 2.24) is 4.98 Å². The summed E-state index contributed by atoms with van der Waals surface area (Å²) in [4.78, 5) is 15.1. The lowest BCUT2D eigenvalue weighted by atomic mass is 10.1. The molecule has 0 aliphatic carbocycles. The number of aromatic nitrogens is 1. The maximum Gasteiger partial charge on any atom is 0.335 e. The number of hydrogen-bond acceptors (Lipinski definition) is 2. The highest BCUT2D eigenvalue weighted by Gasteiger charge is 2.04. The third-order valence-electron chi connectivity index (χ3n) is 2.52. The quantitative estimate of drug-likeness (QED) is 0.916. The van der Waals surface area contributed by atoms with E-state index in [-0.39, 0.29) is 11.4 Å². The van der Waals surface area contributed by atoms with E-state index in [1.807, 2.05) is 0 Å². The van der Waals surface area contributed by atoms with E-state index in [1.54, 1.807) is 31.2 Å². The number of nitrogens with zero attached hydrogens (tertiary/aromatic N) is 1. The number of rotatable bonds is 3. The fourth-order valence-corrected chi connectivity index (χ4v) is 1.69. The van der Waals surface area contributed by atoms with Gasteiger partial charge in [-0.3, -0.25) is 4.98 Å². The van der Waals surface area contributed by atoms with Gasteiger partial charge in [-0.15, -0.1) is 0 Å². The average molecular weight is 257 g/mol. The number of carboxylic acid groups (broad SMARTS) is 1. The number of benzene rings is 1. The van der Waals surface area contributed by atoms with Gasteiger partial charge >= 0.3 is 5.97 Å². The summed E-state index contributed by atoms with van der Waals surface area (Å²) in [7, 11) is 0. The van der Waals surface area contributed by atoms with E-state index in [0.717, 1.165) is 0 Å². The summed E-state index contributed by atoms with van der Waals surface area (Å²) >= 11 is 0. The fraction of sp³-hybridized carbons (Fsp3) is 0.0667. The second-order valence-electron chi connectivity index (χ2n) is 4.12. The van der Waals surface area contributed by atoms with E-state index in [2.05, 4.69) is 4.98 Å². The number of carbonyl (C=O) groups is 1. The number of halogens is 1. The lowest BCUT2D eigenvalue weighted by Crippen LogP contribution is -1.99. The second kappa shape index (κ2) is 5.44. The molecule has 1 aromatic carbocycles. The van der Waals surface area contributed by atoms with Crippen molar-refractivity contribution in [2.24, 2.45) is 0 Å². The number of hydrogen-bond donors (Lipinski definition) is 1. The molecule has 1 N–H and O–H groups in total. The van der Waals surface area contributed by atoms with Gasteiger partial charge < -0.3 is 5.11 Å². The zero-order valence-corrected chi connectivity index (χ0v) is 10.3. The fourth-order valence-electron chi connectivity index (χ4n) is 1.69. The van der Waals surface area contributed by atoms with Crippen LogP contribution >= 0.6 is 0 Å². The maximum absolute atomic E-state index is 13.0. The molecule has 0 atom stereocenters. The minimum absolute atomic E-state index is 0.186. The molecule has 96 valence electrons. The van der Waals surface area contributed by atoms with Crippen molar-refractivity contribution in [3.63, 3.8) is 0 Å². The predicted molar refractivity (Wildman–Crippen MR) is 71.3 cm³/mol. The summed E-state index contributed by atoms with van der Waals surface area (Å²) in [5, 5.41) is 8.95. The molecule has 0 aliphatic rings. The monoisotopic (exact) mass is 257 g/mol. The summed E-state index contributed by atoms with van der Waals surface area (Å²) in [5.41, 5.74) is 2.03. The van der Waals surface area contributed by atoms with Crippen LogP contribution in [-0.2, 0) is 0 Å². The van der Waals surface area contributed by atoms with Crippen molar-refractivity contribution in [2.75, 3.05) is 0 Å². The minimum Gasteiger partial charge on any atom is -0.478 e. The highest BCUT2D eigenvalue weighted by molar-refractivity contribution is 5.88. The van der Waals surface area contributed by atoms with E-state index in [0.29, 0.717) is 17.0 Å². The third kappa shape index (κ3) is 3.48. The van der Waals surface area contributed by atoms with Gasteiger partial charge in [0.15, 0.2) is 0 Å². The Morgan fingerprint density at radius 1 is 1.26 bits per heavy atom. The van der Waals surface area contributed by atoms with Crippen LogP contribution in [0.1, 0.15) is 27.3 Å². The molecule has 2 rings (SSSR count). The van der Waals surface area contributed by atoms with Crippen molar-refractivity contribution in [2.45, 2.75) is 6.92 Å². The number of aromatic carboxylic acids is 1. The highest BCUT2D eigenvalue weighted by atomic mass is 19.1. The van der Waals surface area contributed by atoms with Gasteiger partial charge in [0.25, 0.3) is 0 Å². The van der Waals surface area contributed by atoms with E-state index in [9.17, 15) is 9.18 Å². The van der Waals surface area contributed by atoms with Gasteiger partial charge in [0.05, 0.1) is 11.3 Å². The molecule has 0 bridgehead atoms. The van der Waals surface area contributed by atoms with Gasteiger partial charge in [0.1, 0.15) is 5.82 Å². The molecule has 0 saturated heterocycles. The summed E-state index contributed by atoms with van der Waals surface area (Å²) in [6, 6.07) is 9.11. The van der Waals surface area contributed by atoms with Crippen molar-refractivity contribution in [1.29, 1.82) is 0 Å². The molecule has 0 unspecified atom stereocenters. The van der Waals surface area contributed by atoms with Crippen LogP contribution in [-0.4, -0.2) is 16.1 Å². The normalized spacial score (nSPS) is 10.8. The van der Waals surface area contributed by atoms with Gasteiger partial charge in [-0.2, -0.15) is 0 Å². The molecule has 0 amide bonds. The molecule has 1 aromatic heterocycles. The van der Waals surface area contributed by atoms with Crippen LogP contribution in [0.5, 0.6) is 0 Å². The lowest BCUT2D eigenvalue weighted by Gasteiger charge is -2.00. The Kier molecular flexibility index (Phi) is 3.71. The van der Waals surface area contributed by atoms with Crippen LogP contribution in [0.3, 0.4) is 0 Å². The Balaban J connectivity index is 2.30. The van der Waals surface area contributed by atoms with Gasteiger partial charge in [-0.05, 0) is 42.8 Å². The predicted octanol–water partition coefficient (Wildman–Crippen LogP) is 3.40. The number of pyridine rings is 1. The molecular weight excluding hydrogens is 245 g/mol. The molecule has 3 nitrogen and oxygen atoms in total. The van der Waals surface area contributed by atoms with Crippen LogP contribution in [0, 0.1) is 12.7 Å². The standard InChI is InChI=1S/C15H12FNO2/c1-10-7-12(15(18)19)9-14(17-10)6-5-11-3-2-4-13(16)8-11/h2-9H,1H3,(H,18,19)/b6-5+. The van der Waals surface area contributed by atoms with Crippen LogP contribution in [0.15, 0.2) is 36.4 Å². The zero-order valence-electron chi connectivity index (χ0n) is 10.3.